The Bertz CT molecular complexity index is 1030. The molecule has 1 amide bonds. The highest BCUT2D eigenvalue weighted by molar-refractivity contribution is 5.96. The average molecular weight is 389 g/mol. The van der Waals surface area contributed by atoms with Crippen molar-refractivity contribution in [2.45, 2.75) is 25.4 Å². The predicted octanol–water partition coefficient (Wildman–Crippen LogP) is 2.92. The second-order valence-electron chi connectivity index (χ2n) is 7.58. The Labute approximate surface area is 169 Å². The van der Waals surface area contributed by atoms with Crippen LogP contribution in [0, 0.1) is 0 Å². The number of hydrogen-bond donors (Lipinski definition) is 0. The Morgan fingerprint density at radius 1 is 0.966 bits per heavy atom. The summed E-state index contributed by atoms with van der Waals surface area (Å²) in [6.45, 7) is 2.71. The van der Waals surface area contributed by atoms with Gasteiger partial charge in [-0.25, -0.2) is 9.97 Å². The number of pyridine rings is 1. The van der Waals surface area contributed by atoms with Crippen LogP contribution >= 0.6 is 0 Å². The van der Waals surface area contributed by atoms with Crippen molar-refractivity contribution >= 4 is 22.5 Å². The molecule has 1 aromatic carbocycles. The van der Waals surface area contributed by atoms with E-state index in [1.165, 1.54) is 6.42 Å². The molecule has 0 atom stereocenters. The topological polar surface area (TPSA) is 71.5 Å². The lowest BCUT2D eigenvalue weighted by atomic mass is 9.96. The Morgan fingerprint density at radius 3 is 2.52 bits per heavy atom. The van der Waals surface area contributed by atoms with Gasteiger partial charge < -0.3 is 14.5 Å². The zero-order valence-electron chi connectivity index (χ0n) is 16.2. The highest BCUT2D eigenvalue weighted by atomic mass is 16.5. The number of benzene rings is 1. The van der Waals surface area contributed by atoms with Gasteiger partial charge in [0, 0.05) is 43.8 Å². The van der Waals surface area contributed by atoms with Crippen LogP contribution in [0.1, 0.15) is 29.8 Å². The second-order valence-corrected chi connectivity index (χ2v) is 7.58. The van der Waals surface area contributed by atoms with Gasteiger partial charge >= 0.3 is 0 Å². The number of carbonyl (C=O) groups is 1. The third-order valence-corrected chi connectivity index (χ3v) is 5.71. The summed E-state index contributed by atoms with van der Waals surface area (Å²) in [6, 6.07) is 11.7. The molecule has 2 aliphatic rings. The highest BCUT2D eigenvalue weighted by Gasteiger charge is 2.25. The van der Waals surface area contributed by atoms with E-state index in [1.54, 1.807) is 12.5 Å². The molecule has 0 bridgehead atoms. The molecule has 0 spiro atoms. The van der Waals surface area contributed by atoms with Gasteiger partial charge in [-0.05, 0) is 30.7 Å². The van der Waals surface area contributed by atoms with Crippen LogP contribution in [0.25, 0.3) is 10.8 Å². The summed E-state index contributed by atoms with van der Waals surface area (Å²) in [5, 5.41) is 2.07. The zero-order chi connectivity index (χ0) is 19.6. The maximum Gasteiger partial charge on any atom is 0.272 e. The van der Waals surface area contributed by atoms with Crippen molar-refractivity contribution in [3.05, 3.63) is 54.6 Å². The third-order valence-electron chi connectivity index (χ3n) is 5.71. The first-order chi connectivity index (χ1) is 14.3. The van der Waals surface area contributed by atoms with Crippen LogP contribution in [-0.4, -0.2) is 58.0 Å². The van der Waals surface area contributed by atoms with Crippen LogP contribution in [0.3, 0.4) is 0 Å². The number of ether oxygens (including phenoxy) is 1. The Kier molecular flexibility index (Phi) is 4.71. The summed E-state index contributed by atoms with van der Waals surface area (Å²) in [6.07, 6.45) is 7.04. The highest BCUT2D eigenvalue weighted by Crippen LogP contribution is 2.25. The van der Waals surface area contributed by atoms with Crippen molar-refractivity contribution in [3.63, 3.8) is 0 Å². The van der Waals surface area contributed by atoms with Gasteiger partial charge in [0.1, 0.15) is 23.9 Å². The molecule has 1 aliphatic carbocycles. The van der Waals surface area contributed by atoms with E-state index in [1.807, 2.05) is 41.3 Å². The Balaban J connectivity index is 1.23. The molecule has 1 aliphatic heterocycles. The van der Waals surface area contributed by atoms with Crippen LogP contribution in [0.4, 0.5) is 5.82 Å². The van der Waals surface area contributed by atoms with Gasteiger partial charge in [-0.1, -0.05) is 24.3 Å². The first kappa shape index (κ1) is 17.8. The van der Waals surface area contributed by atoms with Gasteiger partial charge in [-0.2, -0.15) is 0 Å². The smallest absolute Gasteiger partial charge is 0.272 e. The van der Waals surface area contributed by atoms with Crippen LogP contribution in [0.15, 0.2) is 48.9 Å². The number of amides is 1. The fourth-order valence-electron chi connectivity index (χ4n) is 3.73. The number of hydrogen-bond acceptors (Lipinski definition) is 6. The molecule has 148 valence electrons. The number of aromatic nitrogens is 3. The first-order valence-corrected chi connectivity index (χ1v) is 10.1. The lowest BCUT2D eigenvalue weighted by Crippen LogP contribution is -2.49. The molecule has 0 unspecified atom stereocenters. The number of carbonyl (C=O) groups excluding carboxylic acids is 1. The van der Waals surface area contributed by atoms with E-state index in [2.05, 4.69) is 19.9 Å². The molecule has 3 aromatic rings. The van der Waals surface area contributed by atoms with Gasteiger partial charge in [-0.3, -0.25) is 9.78 Å². The van der Waals surface area contributed by atoms with E-state index in [9.17, 15) is 4.79 Å². The summed E-state index contributed by atoms with van der Waals surface area (Å²) in [7, 11) is 0. The molecule has 7 heteroatoms. The van der Waals surface area contributed by atoms with Crippen molar-refractivity contribution in [1.82, 2.24) is 19.9 Å². The van der Waals surface area contributed by atoms with Crippen LogP contribution < -0.4 is 9.64 Å². The number of nitrogens with zero attached hydrogens (tertiary/aromatic N) is 5. The van der Waals surface area contributed by atoms with Crippen molar-refractivity contribution in [2.24, 2.45) is 0 Å². The van der Waals surface area contributed by atoms with Crippen LogP contribution in [0.2, 0.25) is 0 Å². The molecule has 5 rings (SSSR count). The van der Waals surface area contributed by atoms with E-state index in [0.717, 1.165) is 42.5 Å². The van der Waals surface area contributed by atoms with Crippen molar-refractivity contribution in [1.29, 1.82) is 0 Å². The second kappa shape index (κ2) is 7.66. The SMILES string of the molecule is O=C(c1cc2ccccc2cn1)N1CCN(c2cc(OC3CCC3)ncn2)CC1. The molecule has 29 heavy (non-hydrogen) atoms. The zero-order valence-corrected chi connectivity index (χ0v) is 16.2. The van der Waals surface area contributed by atoms with Gasteiger partial charge in [0.05, 0.1) is 0 Å². The minimum Gasteiger partial charge on any atom is -0.474 e. The summed E-state index contributed by atoms with van der Waals surface area (Å²) in [5.41, 5.74) is 0.496. The molecular formula is C22H23N5O2. The van der Waals surface area contributed by atoms with Gasteiger partial charge in [-0.15, -0.1) is 0 Å². The Morgan fingerprint density at radius 2 is 1.76 bits per heavy atom. The van der Waals surface area contributed by atoms with Crippen molar-refractivity contribution in [2.75, 3.05) is 31.1 Å². The van der Waals surface area contributed by atoms with Gasteiger partial charge in [0.15, 0.2) is 0 Å². The minimum atomic E-state index is -0.0212. The van der Waals surface area contributed by atoms with E-state index in [4.69, 9.17) is 4.74 Å². The molecular weight excluding hydrogens is 366 g/mol. The standard InChI is InChI=1S/C22H23N5O2/c28-22(19-12-16-4-1-2-5-17(16)14-23-19)27-10-8-26(9-11-27)20-13-21(25-15-24-20)29-18-6-3-7-18/h1-2,4-5,12-15,18H,3,6-11H2. The fraction of sp³-hybridized carbons (Fsp3) is 0.364. The van der Waals surface area contributed by atoms with E-state index in [0.29, 0.717) is 30.8 Å². The largest absolute Gasteiger partial charge is 0.474 e. The summed E-state index contributed by atoms with van der Waals surface area (Å²) in [4.78, 5) is 29.9. The van der Waals surface area contributed by atoms with Crippen LogP contribution in [0.5, 0.6) is 5.88 Å². The molecule has 0 radical (unpaired) electrons. The Hall–Kier alpha value is -3.22. The molecule has 1 saturated carbocycles. The maximum absolute atomic E-state index is 12.9. The molecule has 7 nitrogen and oxygen atoms in total. The average Bonchev–Trinajstić information content (AvgIpc) is 2.76. The number of piperazine rings is 1. The number of fused-ring (bicyclic) bond motifs is 1. The lowest BCUT2D eigenvalue weighted by molar-refractivity contribution is 0.0740. The quantitative estimate of drug-likeness (QED) is 0.683. The molecule has 1 saturated heterocycles. The predicted molar refractivity (Wildman–Crippen MR) is 110 cm³/mol. The fourth-order valence-corrected chi connectivity index (χ4v) is 3.73. The summed E-state index contributed by atoms with van der Waals surface area (Å²) >= 11 is 0. The number of anilines is 1. The monoisotopic (exact) mass is 389 g/mol. The van der Waals surface area contributed by atoms with Crippen molar-refractivity contribution in [3.8, 4) is 5.88 Å². The van der Waals surface area contributed by atoms with Crippen molar-refractivity contribution < 1.29 is 9.53 Å². The number of rotatable bonds is 4. The van der Waals surface area contributed by atoms with Gasteiger partial charge in [0.2, 0.25) is 5.88 Å². The molecule has 0 N–H and O–H groups in total. The summed E-state index contributed by atoms with van der Waals surface area (Å²) in [5.74, 6) is 1.47. The lowest BCUT2D eigenvalue weighted by Gasteiger charge is -2.35. The normalized spacial score (nSPS) is 17.2. The minimum absolute atomic E-state index is 0.0212. The van der Waals surface area contributed by atoms with E-state index >= 15 is 0 Å². The summed E-state index contributed by atoms with van der Waals surface area (Å²) < 4.78 is 5.88. The molecule has 3 heterocycles. The maximum atomic E-state index is 12.9. The van der Waals surface area contributed by atoms with Gasteiger partial charge in [0.25, 0.3) is 5.91 Å². The first-order valence-electron chi connectivity index (χ1n) is 10.1. The molecule has 2 aromatic heterocycles. The van der Waals surface area contributed by atoms with E-state index in [-0.39, 0.29) is 5.91 Å². The van der Waals surface area contributed by atoms with E-state index < -0.39 is 0 Å². The third kappa shape index (κ3) is 3.72. The van der Waals surface area contributed by atoms with Crippen LogP contribution in [-0.2, 0) is 0 Å². The molecule has 2 fully saturated rings.